The Bertz CT molecular complexity index is 926. The first-order valence-electron chi connectivity index (χ1n) is 10.6. The fourth-order valence-electron chi connectivity index (χ4n) is 4.10. The summed E-state index contributed by atoms with van der Waals surface area (Å²) in [4.78, 5) is 25.5. The highest BCUT2D eigenvalue weighted by molar-refractivity contribution is 7.99. The van der Waals surface area contributed by atoms with Gasteiger partial charge in [-0.05, 0) is 23.8 Å². The third-order valence-electron chi connectivity index (χ3n) is 5.85. The van der Waals surface area contributed by atoms with Gasteiger partial charge in [0, 0.05) is 24.7 Å². The molecule has 7 nitrogen and oxygen atoms in total. The van der Waals surface area contributed by atoms with E-state index in [0.717, 1.165) is 29.4 Å². The second kappa shape index (κ2) is 8.41. The molecule has 1 saturated carbocycles. The van der Waals surface area contributed by atoms with Crippen molar-refractivity contribution < 1.29 is 9.59 Å². The fraction of sp³-hybridized carbons (Fsp3) is 0.545. The van der Waals surface area contributed by atoms with Crippen LogP contribution in [0.2, 0.25) is 0 Å². The van der Waals surface area contributed by atoms with E-state index in [1.807, 2.05) is 0 Å². The quantitative estimate of drug-likeness (QED) is 0.730. The maximum atomic E-state index is 12.5. The summed E-state index contributed by atoms with van der Waals surface area (Å²) in [5.41, 5.74) is 2.42. The SMILES string of the molecule is CC(C)(C)c1ccc(-c2nnc(SCC(=O)N3CCNC3=O)n2C2CCCC2)cc1. The number of nitrogens with one attached hydrogen (secondary N) is 1. The first-order valence-corrected chi connectivity index (χ1v) is 11.6. The molecule has 4 rings (SSSR count). The van der Waals surface area contributed by atoms with E-state index in [1.54, 1.807) is 0 Å². The van der Waals surface area contributed by atoms with Crippen LogP contribution in [-0.4, -0.2) is 50.4 Å². The number of carbonyl (C=O) groups excluding carboxylic acids is 2. The lowest BCUT2D eigenvalue weighted by atomic mass is 9.86. The number of amides is 3. The van der Waals surface area contributed by atoms with E-state index in [1.165, 1.54) is 35.1 Å². The number of aromatic nitrogens is 3. The van der Waals surface area contributed by atoms with Crippen LogP contribution in [0.4, 0.5) is 4.79 Å². The summed E-state index contributed by atoms with van der Waals surface area (Å²) >= 11 is 1.37. The molecule has 1 aliphatic carbocycles. The molecule has 0 unspecified atom stereocenters. The molecule has 1 N–H and O–H groups in total. The Labute approximate surface area is 181 Å². The van der Waals surface area contributed by atoms with Crippen molar-refractivity contribution in [2.24, 2.45) is 0 Å². The average Bonchev–Trinajstić information content (AvgIpc) is 3.45. The molecule has 3 amide bonds. The number of benzene rings is 1. The molecule has 1 aromatic carbocycles. The molecule has 0 atom stereocenters. The third kappa shape index (κ3) is 4.24. The Morgan fingerprint density at radius 1 is 1.17 bits per heavy atom. The number of nitrogens with zero attached hydrogens (tertiary/aromatic N) is 4. The lowest BCUT2D eigenvalue weighted by Crippen LogP contribution is -2.35. The van der Waals surface area contributed by atoms with Crippen molar-refractivity contribution in [1.29, 1.82) is 0 Å². The number of urea groups is 1. The fourth-order valence-corrected chi connectivity index (χ4v) is 4.98. The normalized spacial score (nSPS) is 17.6. The molecular formula is C22H29N5O2S. The minimum atomic E-state index is -0.308. The van der Waals surface area contributed by atoms with Crippen LogP contribution in [0.15, 0.2) is 29.4 Å². The molecule has 30 heavy (non-hydrogen) atoms. The molecule has 2 aliphatic rings. The molecule has 0 spiro atoms. The molecule has 2 aromatic rings. The van der Waals surface area contributed by atoms with Crippen molar-refractivity contribution >= 4 is 23.7 Å². The number of imide groups is 1. The number of hydrogen-bond donors (Lipinski definition) is 1. The Morgan fingerprint density at radius 2 is 1.87 bits per heavy atom. The van der Waals surface area contributed by atoms with Gasteiger partial charge in [0.2, 0.25) is 5.91 Å². The van der Waals surface area contributed by atoms with Gasteiger partial charge in [-0.2, -0.15) is 0 Å². The van der Waals surface area contributed by atoms with Crippen molar-refractivity contribution in [1.82, 2.24) is 25.0 Å². The topological polar surface area (TPSA) is 80.1 Å². The van der Waals surface area contributed by atoms with Crippen molar-refractivity contribution in [3.63, 3.8) is 0 Å². The van der Waals surface area contributed by atoms with Crippen LogP contribution >= 0.6 is 11.8 Å². The van der Waals surface area contributed by atoms with Gasteiger partial charge in [-0.1, -0.05) is 69.6 Å². The molecular weight excluding hydrogens is 398 g/mol. The molecule has 0 radical (unpaired) electrons. The van der Waals surface area contributed by atoms with Gasteiger partial charge in [0.1, 0.15) is 0 Å². The smallest absolute Gasteiger partial charge is 0.324 e. The Hall–Kier alpha value is -2.35. The van der Waals surface area contributed by atoms with Crippen molar-refractivity contribution in [2.45, 2.75) is 63.1 Å². The molecule has 2 heterocycles. The van der Waals surface area contributed by atoms with Crippen LogP contribution in [0.5, 0.6) is 0 Å². The zero-order valence-electron chi connectivity index (χ0n) is 17.9. The molecule has 0 bridgehead atoms. The summed E-state index contributed by atoms with van der Waals surface area (Å²) in [7, 11) is 0. The lowest BCUT2D eigenvalue weighted by Gasteiger charge is -2.20. The van der Waals surface area contributed by atoms with E-state index in [-0.39, 0.29) is 23.1 Å². The van der Waals surface area contributed by atoms with Gasteiger partial charge < -0.3 is 5.32 Å². The summed E-state index contributed by atoms with van der Waals surface area (Å²) < 4.78 is 2.21. The van der Waals surface area contributed by atoms with Gasteiger partial charge in [-0.3, -0.25) is 14.3 Å². The molecule has 2 fully saturated rings. The largest absolute Gasteiger partial charge is 0.336 e. The van der Waals surface area contributed by atoms with Gasteiger partial charge in [0.05, 0.1) is 5.75 Å². The van der Waals surface area contributed by atoms with Crippen LogP contribution in [0.3, 0.4) is 0 Å². The Kier molecular flexibility index (Phi) is 5.86. The van der Waals surface area contributed by atoms with Gasteiger partial charge in [-0.15, -0.1) is 10.2 Å². The van der Waals surface area contributed by atoms with Gasteiger partial charge in [0.25, 0.3) is 0 Å². The first-order chi connectivity index (χ1) is 14.3. The predicted octanol–water partition coefficient (Wildman–Crippen LogP) is 4.00. The average molecular weight is 428 g/mol. The first kappa shape index (κ1) is 20.9. The second-order valence-electron chi connectivity index (χ2n) is 9.01. The van der Waals surface area contributed by atoms with E-state index < -0.39 is 0 Å². The molecule has 160 valence electrons. The number of hydrogen-bond acceptors (Lipinski definition) is 5. The van der Waals surface area contributed by atoms with E-state index in [2.05, 4.69) is 65.1 Å². The van der Waals surface area contributed by atoms with E-state index in [4.69, 9.17) is 0 Å². The van der Waals surface area contributed by atoms with Crippen molar-refractivity contribution in [3.8, 4) is 11.4 Å². The monoisotopic (exact) mass is 427 g/mol. The van der Waals surface area contributed by atoms with E-state index in [9.17, 15) is 9.59 Å². The zero-order valence-corrected chi connectivity index (χ0v) is 18.7. The molecule has 1 aromatic heterocycles. The number of carbonyl (C=O) groups is 2. The summed E-state index contributed by atoms with van der Waals surface area (Å²) in [6.07, 6.45) is 4.59. The van der Waals surface area contributed by atoms with Crippen LogP contribution in [-0.2, 0) is 10.2 Å². The summed E-state index contributed by atoms with van der Waals surface area (Å²) in [5.74, 6) is 0.851. The number of rotatable bonds is 5. The summed E-state index contributed by atoms with van der Waals surface area (Å²) in [6.45, 7) is 7.56. The third-order valence-corrected chi connectivity index (χ3v) is 6.77. The summed E-state index contributed by atoms with van der Waals surface area (Å²) in [5, 5.41) is 12.4. The Morgan fingerprint density at radius 3 is 2.47 bits per heavy atom. The van der Waals surface area contributed by atoms with Gasteiger partial charge >= 0.3 is 6.03 Å². The van der Waals surface area contributed by atoms with Gasteiger partial charge in [-0.25, -0.2) is 4.79 Å². The molecule has 1 aliphatic heterocycles. The highest BCUT2D eigenvalue weighted by Gasteiger charge is 2.29. The Balaban J connectivity index is 1.58. The van der Waals surface area contributed by atoms with Crippen LogP contribution in [0, 0.1) is 0 Å². The number of thioether (sulfide) groups is 1. The highest BCUT2D eigenvalue weighted by Crippen LogP contribution is 2.37. The maximum Gasteiger partial charge on any atom is 0.324 e. The molecule has 8 heteroatoms. The minimum Gasteiger partial charge on any atom is -0.336 e. The second-order valence-corrected chi connectivity index (χ2v) is 9.95. The molecule has 1 saturated heterocycles. The van der Waals surface area contributed by atoms with Crippen LogP contribution < -0.4 is 5.32 Å². The zero-order chi connectivity index (χ0) is 21.3. The van der Waals surface area contributed by atoms with Crippen LogP contribution in [0.1, 0.15) is 58.1 Å². The van der Waals surface area contributed by atoms with E-state index >= 15 is 0 Å². The highest BCUT2D eigenvalue weighted by atomic mass is 32.2. The maximum absolute atomic E-state index is 12.5. The predicted molar refractivity (Wildman–Crippen MR) is 117 cm³/mol. The minimum absolute atomic E-state index is 0.0981. The van der Waals surface area contributed by atoms with Crippen LogP contribution in [0.25, 0.3) is 11.4 Å². The van der Waals surface area contributed by atoms with Crippen molar-refractivity contribution in [3.05, 3.63) is 29.8 Å². The standard InChI is InChI=1S/C22H29N5O2S/c1-22(2,3)16-10-8-15(9-11-16)19-24-25-21(27(19)17-6-4-5-7-17)30-14-18(28)26-13-12-23-20(26)29/h8-11,17H,4-7,12-14H2,1-3H3,(H,23,29). The summed E-state index contributed by atoms with van der Waals surface area (Å²) in [6, 6.07) is 8.59. The van der Waals surface area contributed by atoms with E-state index in [0.29, 0.717) is 19.1 Å². The lowest BCUT2D eigenvalue weighted by molar-refractivity contribution is -0.124. The van der Waals surface area contributed by atoms with Gasteiger partial charge in [0.15, 0.2) is 11.0 Å². The van der Waals surface area contributed by atoms with Crippen molar-refractivity contribution in [2.75, 3.05) is 18.8 Å².